The van der Waals surface area contributed by atoms with E-state index in [9.17, 15) is 0 Å². The maximum absolute atomic E-state index is 8.49. The molecule has 2 rings (SSSR count). The minimum absolute atomic E-state index is 0.0934. The van der Waals surface area contributed by atoms with Gasteiger partial charge in [0.05, 0.1) is 6.07 Å². The Balaban J connectivity index is 2.11. The van der Waals surface area contributed by atoms with E-state index in [4.69, 9.17) is 9.78 Å². The third-order valence-corrected chi connectivity index (χ3v) is 2.26. The molecule has 6 nitrogen and oxygen atoms in total. The predicted octanol–water partition coefficient (Wildman–Crippen LogP) is 1.87. The van der Waals surface area contributed by atoms with Crippen molar-refractivity contribution in [1.29, 1.82) is 5.26 Å². The molecule has 0 amide bonds. The van der Waals surface area contributed by atoms with Gasteiger partial charge in [-0.25, -0.2) is 4.98 Å². The number of hydrogen-bond acceptors (Lipinski definition) is 5. The van der Waals surface area contributed by atoms with E-state index in [0.717, 1.165) is 6.42 Å². The fourth-order valence-corrected chi connectivity index (χ4v) is 1.32. The molecule has 2 aromatic heterocycles. The van der Waals surface area contributed by atoms with Crippen molar-refractivity contribution in [1.82, 2.24) is 20.1 Å². The smallest absolute Gasteiger partial charge is 0.238 e. The molecule has 2 heterocycles. The molecule has 0 fully saturated rings. The Bertz CT molecular complexity index is 482. The van der Waals surface area contributed by atoms with Crippen LogP contribution in [0.25, 0.3) is 11.6 Å². The second-order valence-electron chi connectivity index (χ2n) is 3.49. The van der Waals surface area contributed by atoms with Crippen molar-refractivity contribution in [3.63, 3.8) is 0 Å². The summed E-state index contributed by atoms with van der Waals surface area (Å²) in [6.45, 7) is 1.96. The third-order valence-electron chi connectivity index (χ3n) is 2.26. The van der Waals surface area contributed by atoms with Crippen molar-refractivity contribution in [2.24, 2.45) is 0 Å². The van der Waals surface area contributed by atoms with E-state index in [1.54, 1.807) is 12.4 Å². The second kappa shape index (κ2) is 4.57. The summed E-state index contributed by atoms with van der Waals surface area (Å²) in [4.78, 5) is 11.2. The average molecular weight is 217 g/mol. The Hall–Kier alpha value is -2.16. The van der Waals surface area contributed by atoms with E-state index in [-0.39, 0.29) is 5.92 Å². The number of nitrogens with zero attached hydrogens (tertiary/aromatic N) is 4. The molecule has 1 N–H and O–H groups in total. The first-order chi connectivity index (χ1) is 7.81. The Morgan fingerprint density at radius 1 is 1.62 bits per heavy atom. The molecule has 6 heteroatoms. The molecule has 0 aliphatic heterocycles. The largest absolute Gasteiger partial charge is 0.342 e. The van der Waals surface area contributed by atoms with Crippen LogP contribution in [0.3, 0.4) is 0 Å². The van der Waals surface area contributed by atoms with Crippen molar-refractivity contribution in [2.45, 2.75) is 25.7 Å². The zero-order valence-corrected chi connectivity index (χ0v) is 8.84. The predicted molar refractivity (Wildman–Crippen MR) is 55.1 cm³/mol. The molecule has 82 valence electrons. The topological polar surface area (TPSA) is 91.4 Å². The monoisotopic (exact) mass is 217 g/mol. The number of hydrogen-bond donors (Lipinski definition) is 1. The normalized spacial score (nSPS) is 12.2. The summed E-state index contributed by atoms with van der Waals surface area (Å²) in [5.41, 5.74) is 0. The van der Waals surface area contributed by atoms with Crippen LogP contribution in [-0.2, 0) is 0 Å². The van der Waals surface area contributed by atoms with E-state index < -0.39 is 0 Å². The fraction of sp³-hybridized carbons (Fsp3) is 0.400. The van der Waals surface area contributed by atoms with Gasteiger partial charge in [0, 0.05) is 24.7 Å². The minimum atomic E-state index is 0.0934. The number of nitrogens with one attached hydrogen (secondary N) is 1. The van der Waals surface area contributed by atoms with Crippen LogP contribution in [0.1, 0.15) is 31.6 Å². The maximum Gasteiger partial charge on any atom is 0.238 e. The summed E-state index contributed by atoms with van der Waals surface area (Å²) in [6, 6.07) is 2.09. The maximum atomic E-state index is 8.49. The summed E-state index contributed by atoms with van der Waals surface area (Å²) in [5, 5.41) is 12.3. The lowest BCUT2D eigenvalue weighted by atomic mass is 10.1. The van der Waals surface area contributed by atoms with Gasteiger partial charge < -0.3 is 9.51 Å². The van der Waals surface area contributed by atoms with Gasteiger partial charge in [0.25, 0.3) is 0 Å². The van der Waals surface area contributed by atoms with Gasteiger partial charge in [-0.1, -0.05) is 12.1 Å². The van der Waals surface area contributed by atoms with E-state index in [1.807, 2.05) is 6.92 Å². The molecule has 0 saturated carbocycles. The van der Waals surface area contributed by atoms with Gasteiger partial charge in [0.2, 0.25) is 11.7 Å². The molecule has 2 aromatic rings. The van der Waals surface area contributed by atoms with Crippen LogP contribution < -0.4 is 0 Å². The lowest BCUT2D eigenvalue weighted by Gasteiger charge is -2.00. The number of aromatic amines is 1. The van der Waals surface area contributed by atoms with Gasteiger partial charge in [-0.05, 0) is 6.42 Å². The summed E-state index contributed by atoms with van der Waals surface area (Å²) in [7, 11) is 0. The zero-order chi connectivity index (χ0) is 11.4. The molecule has 1 unspecified atom stereocenters. The quantitative estimate of drug-likeness (QED) is 0.843. The van der Waals surface area contributed by atoms with Crippen LogP contribution in [-0.4, -0.2) is 20.1 Å². The van der Waals surface area contributed by atoms with Gasteiger partial charge in [0.1, 0.15) is 0 Å². The molecule has 0 radical (unpaired) electrons. The summed E-state index contributed by atoms with van der Waals surface area (Å²) < 4.78 is 5.12. The number of aromatic nitrogens is 4. The van der Waals surface area contributed by atoms with E-state index >= 15 is 0 Å². The molecule has 0 bridgehead atoms. The highest BCUT2D eigenvalue weighted by Gasteiger charge is 2.15. The summed E-state index contributed by atoms with van der Waals surface area (Å²) in [6.07, 6.45) is 4.53. The second-order valence-corrected chi connectivity index (χ2v) is 3.49. The van der Waals surface area contributed by atoms with Gasteiger partial charge in [-0.2, -0.15) is 10.2 Å². The first kappa shape index (κ1) is 10.4. The molecular weight excluding hydrogens is 206 g/mol. The first-order valence-corrected chi connectivity index (χ1v) is 5.01. The minimum Gasteiger partial charge on any atom is -0.342 e. The molecule has 16 heavy (non-hydrogen) atoms. The molecule has 0 saturated heterocycles. The van der Waals surface area contributed by atoms with Crippen molar-refractivity contribution in [3.05, 3.63) is 18.3 Å². The van der Waals surface area contributed by atoms with Crippen molar-refractivity contribution in [3.8, 4) is 17.7 Å². The van der Waals surface area contributed by atoms with Crippen molar-refractivity contribution < 1.29 is 4.52 Å². The fourth-order valence-electron chi connectivity index (χ4n) is 1.32. The standard InChI is InChI=1S/C10H11N5O/c1-7(3-2-4-11)10-14-9(15-16-10)8-12-5-6-13-8/h5-7H,2-3H2,1H3,(H,12,13). The summed E-state index contributed by atoms with van der Waals surface area (Å²) in [5.74, 6) is 1.67. The Kier molecular flexibility index (Phi) is 2.96. The summed E-state index contributed by atoms with van der Waals surface area (Å²) >= 11 is 0. The van der Waals surface area contributed by atoms with E-state index in [1.165, 1.54) is 0 Å². The molecule has 0 aromatic carbocycles. The highest BCUT2D eigenvalue weighted by molar-refractivity contribution is 5.40. The molecule has 1 atom stereocenters. The highest BCUT2D eigenvalue weighted by Crippen LogP contribution is 2.20. The highest BCUT2D eigenvalue weighted by atomic mass is 16.5. The number of rotatable bonds is 4. The van der Waals surface area contributed by atoms with Crippen LogP contribution in [0.2, 0.25) is 0 Å². The van der Waals surface area contributed by atoms with Gasteiger partial charge in [-0.3, -0.25) is 0 Å². The van der Waals surface area contributed by atoms with Crippen LogP contribution in [0, 0.1) is 11.3 Å². The lowest BCUT2D eigenvalue weighted by Crippen LogP contribution is -1.93. The van der Waals surface area contributed by atoms with Crippen LogP contribution in [0.15, 0.2) is 16.9 Å². The van der Waals surface area contributed by atoms with E-state index in [0.29, 0.717) is 24.0 Å². The van der Waals surface area contributed by atoms with E-state index in [2.05, 4.69) is 26.2 Å². The Morgan fingerprint density at radius 2 is 2.50 bits per heavy atom. The van der Waals surface area contributed by atoms with Crippen LogP contribution in [0.4, 0.5) is 0 Å². The first-order valence-electron chi connectivity index (χ1n) is 5.01. The van der Waals surface area contributed by atoms with Crippen molar-refractivity contribution >= 4 is 0 Å². The SMILES string of the molecule is CC(CCC#N)c1nc(-c2ncc[nH]2)no1. The van der Waals surface area contributed by atoms with Gasteiger partial charge in [0.15, 0.2) is 5.82 Å². The molecular formula is C10H11N5O. The van der Waals surface area contributed by atoms with Gasteiger partial charge >= 0.3 is 0 Å². The van der Waals surface area contributed by atoms with Crippen LogP contribution >= 0.6 is 0 Å². The van der Waals surface area contributed by atoms with Crippen LogP contribution in [0.5, 0.6) is 0 Å². The number of H-pyrrole nitrogens is 1. The Labute approximate surface area is 92.3 Å². The molecule has 0 aliphatic carbocycles. The third kappa shape index (κ3) is 2.08. The lowest BCUT2D eigenvalue weighted by molar-refractivity contribution is 0.354. The molecule has 0 aliphatic rings. The average Bonchev–Trinajstić information content (AvgIpc) is 2.94. The van der Waals surface area contributed by atoms with Crippen molar-refractivity contribution in [2.75, 3.05) is 0 Å². The Morgan fingerprint density at radius 3 is 3.19 bits per heavy atom. The number of imidazole rings is 1. The number of nitriles is 1. The van der Waals surface area contributed by atoms with Gasteiger partial charge in [-0.15, -0.1) is 0 Å². The zero-order valence-electron chi connectivity index (χ0n) is 8.84. The molecule has 0 spiro atoms.